The maximum absolute atomic E-state index is 3.37. The van der Waals surface area contributed by atoms with E-state index in [1.807, 2.05) is 0 Å². The van der Waals surface area contributed by atoms with Crippen molar-refractivity contribution in [3.8, 4) is 0 Å². The molecule has 0 bridgehead atoms. The molecule has 0 aromatic carbocycles. The van der Waals surface area contributed by atoms with Crippen LogP contribution in [0.4, 0.5) is 0 Å². The number of hydrogen-bond donors (Lipinski definition) is 0. The van der Waals surface area contributed by atoms with Crippen molar-refractivity contribution in [1.82, 2.24) is 0 Å². The molecule has 0 aromatic rings. The fraction of sp³-hybridized carbons (Fsp3) is 0.600. The third-order valence-electron chi connectivity index (χ3n) is 1.83. The molecular formula is C10H15Cl2Ti. The van der Waals surface area contributed by atoms with Crippen LogP contribution in [-0.4, -0.2) is 0 Å². The normalized spacial score (nSPS) is 13.1. The van der Waals surface area contributed by atoms with E-state index in [4.69, 9.17) is 0 Å². The van der Waals surface area contributed by atoms with E-state index >= 15 is 0 Å². The van der Waals surface area contributed by atoms with Crippen LogP contribution in [0.2, 0.25) is 0 Å². The van der Waals surface area contributed by atoms with Gasteiger partial charge in [-0.3, -0.25) is 0 Å². The van der Waals surface area contributed by atoms with Crippen molar-refractivity contribution in [1.29, 1.82) is 0 Å². The quantitative estimate of drug-likeness (QED) is 0.379. The van der Waals surface area contributed by atoms with Gasteiger partial charge in [-0.2, -0.15) is 5.57 Å². The SMILES string of the molecule is CCCCC1=CCC(C)=[C-]1.[Cl-].[Cl-].[Ti+3]. The van der Waals surface area contributed by atoms with Gasteiger partial charge in [0.2, 0.25) is 0 Å². The van der Waals surface area contributed by atoms with Gasteiger partial charge >= 0.3 is 21.7 Å². The van der Waals surface area contributed by atoms with Gasteiger partial charge in [0.1, 0.15) is 0 Å². The molecule has 0 unspecified atom stereocenters. The van der Waals surface area contributed by atoms with Crippen LogP contribution in [0.15, 0.2) is 17.2 Å². The van der Waals surface area contributed by atoms with Crippen LogP contribution in [0.3, 0.4) is 0 Å². The molecule has 1 radical (unpaired) electrons. The maximum Gasteiger partial charge on any atom is 3.00 e. The Morgan fingerprint density at radius 3 is 2.38 bits per heavy atom. The predicted molar refractivity (Wildman–Crippen MR) is 44.7 cm³/mol. The van der Waals surface area contributed by atoms with Gasteiger partial charge in [0.05, 0.1) is 0 Å². The third-order valence-corrected chi connectivity index (χ3v) is 1.83. The monoisotopic (exact) mass is 253 g/mol. The smallest absolute Gasteiger partial charge is 1.00 e. The first-order valence-corrected chi connectivity index (χ1v) is 4.11. The number of hydrogen-bond acceptors (Lipinski definition) is 0. The van der Waals surface area contributed by atoms with Crippen LogP contribution >= 0.6 is 0 Å². The molecule has 0 saturated heterocycles. The Labute approximate surface area is 109 Å². The van der Waals surface area contributed by atoms with Gasteiger partial charge in [-0.15, -0.1) is 0 Å². The number of rotatable bonds is 3. The Balaban J connectivity index is -0.000000333. The molecule has 0 N–H and O–H groups in total. The average Bonchev–Trinajstić information content (AvgIpc) is 2.31. The molecule has 0 nitrogen and oxygen atoms in total. The molecule has 1 aliphatic rings. The van der Waals surface area contributed by atoms with E-state index in [9.17, 15) is 0 Å². The molecule has 0 spiro atoms. The Hall–Kier alpha value is 0.774. The average molecular weight is 254 g/mol. The summed E-state index contributed by atoms with van der Waals surface area (Å²) < 4.78 is 0. The third kappa shape index (κ3) is 7.82. The topological polar surface area (TPSA) is 0 Å². The van der Waals surface area contributed by atoms with Gasteiger partial charge in [-0.25, -0.2) is 17.7 Å². The van der Waals surface area contributed by atoms with E-state index in [2.05, 4.69) is 26.0 Å². The molecule has 0 fully saturated rings. The minimum Gasteiger partial charge on any atom is -1.00 e. The van der Waals surface area contributed by atoms with Crippen molar-refractivity contribution in [2.75, 3.05) is 0 Å². The summed E-state index contributed by atoms with van der Waals surface area (Å²) in [5.41, 5.74) is 2.82. The van der Waals surface area contributed by atoms with Gasteiger partial charge in [0, 0.05) is 0 Å². The summed E-state index contributed by atoms with van der Waals surface area (Å²) in [6.45, 7) is 4.38. The standard InChI is InChI=1S/C10H15.2ClH.Ti/c1-3-4-5-10-7-6-9(2)8-10;;;/h7H,3-6H2,1-2H3;2*1H;/q-1;;;+3/p-2. The van der Waals surface area contributed by atoms with Crippen molar-refractivity contribution in [2.45, 2.75) is 39.5 Å². The van der Waals surface area contributed by atoms with Gasteiger partial charge in [0.15, 0.2) is 0 Å². The van der Waals surface area contributed by atoms with E-state index in [0.717, 1.165) is 6.42 Å². The van der Waals surface area contributed by atoms with Crippen LogP contribution in [0.1, 0.15) is 39.5 Å². The van der Waals surface area contributed by atoms with Crippen molar-refractivity contribution in [3.63, 3.8) is 0 Å². The van der Waals surface area contributed by atoms with Crippen LogP contribution in [0.25, 0.3) is 0 Å². The summed E-state index contributed by atoms with van der Waals surface area (Å²) in [7, 11) is 0. The second-order valence-corrected chi connectivity index (χ2v) is 2.94. The van der Waals surface area contributed by atoms with E-state index in [1.165, 1.54) is 30.4 Å². The zero-order chi connectivity index (χ0) is 7.40. The second kappa shape index (κ2) is 10.9. The van der Waals surface area contributed by atoms with Crippen molar-refractivity contribution in [2.24, 2.45) is 0 Å². The summed E-state index contributed by atoms with van der Waals surface area (Å²) in [6, 6.07) is 0. The van der Waals surface area contributed by atoms with Crippen LogP contribution in [0.5, 0.6) is 0 Å². The molecule has 1 aliphatic carbocycles. The van der Waals surface area contributed by atoms with Gasteiger partial charge in [-0.05, 0) is 0 Å². The zero-order valence-electron chi connectivity index (χ0n) is 8.16. The number of unbranched alkanes of at least 4 members (excludes halogenated alkanes) is 1. The minimum atomic E-state index is 0. The van der Waals surface area contributed by atoms with E-state index in [0.29, 0.717) is 0 Å². The van der Waals surface area contributed by atoms with Crippen LogP contribution in [0, 0.1) is 6.08 Å². The molecule has 0 saturated carbocycles. The van der Waals surface area contributed by atoms with Crippen molar-refractivity contribution >= 4 is 0 Å². The molecule has 0 atom stereocenters. The van der Waals surface area contributed by atoms with Crippen LogP contribution in [-0.2, 0) is 21.7 Å². The number of halogens is 2. The van der Waals surface area contributed by atoms with E-state index < -0.39 is 0 Å². The first-order valence-electron chi connectivity index (χ1n) is 4.11. The van der Waals surface area contributed by atoms with Gasteiger partial charge in [-0.1, -0.05) is 39.5 Å². The molecule has 0 heterocycles. The molecule has 0 amide bonds. The Bertz CT molecular complexity index is 174. The fourth-order valence-electron chi connectivity index (χ4n) is 1.18. The maximum atomic E-state index is 3.37. The summed E-state index contributed by atoms with van der Waals surface area (Å²) in [6.07, 6.45) is 10.6. The minimum absolute atomic E-state index is 0. The molecule has 0 aliphatic heterocycles. The van der Waals surface area contributed by atoms with E-state index in [1.54, 1.807) is 0 Å². The molecule has 1 rings (SSSR count). The zero-order valence-corrected chi connectivity index (χ0v) is 11.2. The summed E-state index contributed by atoms with van der Waals surface area (Å²) in [5, 5.41) is 0. The van der Waals surface area contributed by atoms with Crippen LogP contribution < -0.4 is 24.8 Å². The first-order chi connectivity index (χ1) is 4.83. The Kier molecular flexibility index (Phi) is 16.2. The first kappa shape index (κ1) is 19.4. The Morgan fingerprint density at radius 1 is 1.38 bits per heavy atom. The largest absolute Gasteiger partial charge is 3.00 e. The van der Waals surface area contributed by atoms with Gasteiger partial charge in [0.25, 0.3) is 0 Å². The van der Waals surface area contributed by atoms with Gasteiger partial charge < -0.3 is 24.8 Å². The summed E-state index contributed by atoms with van der Waals surface area (Å²) in [4.78, 5) is 0. The molecule has 3 heteroatoms. The number of allylic oxidation sites excluding steroid dienone is 4. The molecule has 73 valence electrons. The van der Waals surface area contributed by atoms with Crippen molar-refractivity contribution < 1.29 is 46.5 Å². The van der Waals surface area contributed by atoms with E-state index in [-0.39, 0.29) is 46.5 Å². The molecule has 0 aromatic heterocycles. The predicted octanol–water partition coefficient (Wildman–Crippen LogP) is -2.74. The summed E-state index contributed by atoms with van der Waals surface area (Å²) >= 11 is 0. The molecular weight excluding hydrogens is 239 g/mol. The fourth-order valence-corrected chi connectivity index (χ4v) is 1.18. The summed E-state index contributed by atoms with van der Waals surface area (Å²) in [5.74, 6) is 0. The Morgan fingerprint density at radius 2 is 2.00 bits per heavy atom. The van der Waals surface area contributed by atoms with Crippen molar-refractivity contribution in [3.05, 3.63) is 23.3 Å². The molecule has 13 heavy (non-hydrogen) atoms. The second-order valence-electron chi connectivity index (χ2n) is 2.94.